The minimum atomic E-state index is -0.236. The average Bonchev–Trinajstić information content (AvgIpc) is 2.54. The first-order chi connectivity index (χ1) is 11.2. The van der Waals surface area contributed by atoms with Crippen LogP contribution in [0.5, 0.6) is 5.75 Å². The van der Waals surface area contributed by atoms with Gasteiger partial charge in [0, 0.05) is 35.8 Å². The molecule has 23 heavy (non-hydrogen) atoms. The van der Waals surface area contributed by atoms with Gasteiger partial charge in [0.25, 0.3) is 5.91 Å². The lowest BCUT2D eigenvalue weighted by Crippen LogP contribution is -2.09. The highest BCUT2D eigenvalue weighted by Gasteiger charge is 2.02. The van der Waals surface area contributed by atoms with Crippen LogP contribution in [0.2, 0.25) is 0 Å². The van der Waals surface area contributed by atoms with E-state index in [1.54, 1.807) is 31.5 Å². The molecule has 2 aromatic rings. The van der Waals surface area contributed by atoms with Crippen LogP contribution in [0, 0.1) is 0 Å². The quantitative estimate of drug-likeness (QED) is 0.627. The van der Waals surface area contributed by atoms with E-state index in [-0.39, 0.29) is 5.91 Å². The number of rotatable bonds is 7. The molecule has 0 aliphatic rings. The van der Waals surface area contributed by atoms with Gasteiger partial charge in [-0.15, -0.1) is 0 Å². The summed E-state index contributed by atoms with van der Waals surface area (Å²) >= 11 is 0. The van der Waals surface area contributed by atoms with Crippen LogP contribution in [0.1, 0.15) is 19.4 Å². The van der Waals surface area contributed by atoms with Gasteiger partial charge >= 0.3 is 0 Å². The van der Waals surface area contributed by atoms with Crippen molar-refractivity contribution in [3.05, 3.63) is 66.2 Å². The molecule has 1 amide bonds. The van der Waals surface area contributed by atoms with Crippen molar-refractivity contribution in [1.29, 1.82) is 0 Å². The van der Waals surface area contributed by atoms with E-state index in [9.17, 15) is 4.79 Å². The fourth-order valence-electron chi connectivity index (χ4n) is 1.95. The van der Waals surface area contributed by atoms with E-state index in [4.69, 9.17) is 9.47 Å². The largest absolute Gasteiger partial charge is 0.498 e. The Morgan fingerprint density at radius 2 is 2.17 bits per heavy atom. The second-order valence-electron chi connectivity index (χ2n) is 4.86. The zero-order valence-electron chi connectivity index (χ0n) is 13.3. The fourth-order valence-corrected chi connectivity index (χ4v) is 1.95. The third kappa shape index (κ3) is 5.82. The van der Waals surface area contributed by atoms with Crippen molar-refractivity contribution in [2.45, 2.75) is 20.5 Å². The van der Waals surface area contributed by atoms with Crippen LogP contribution in [0.4, 0.5) is 5.69 Å². The highest BCUT2D eigenvalue weighted by Crippen LogP contribution is 2.18. The Morgan fingerprint density at radius 3 is 2.91 bits per heavy atom. The van der Waals surface area contributed by atoms with Gasteiger partial charge < -0.3 is 14.8 Å². The molecule has 2 rings (SSSR count). The summed E-state index contributed by atoms with van der Waals surface area (Å²) in [6.07, 6.45) is 4.90. The van der Waals surface area contributed by atoms with Crippen LogP contribution in [-0.2, 0) is 16.1 Å². The van der Waals surface area contributed by atoms with Gasteiger partial charge in [-0.3, -0.25) is 9.78 Å². The molecule has 0 aliphatic carbocycles. The van der Waals surface area contributed by atoms with Gasteiger partial charge in [0.1, 0.15) is 12.4 Å². The Morgan fingerprint density at radius 1 is 1.30 bits per heavy atom. The van der Waals surface area contributed by atoms with Gasteiger partial charge in [0.2, 0.25) is 0 Å². The molecule has 1 aromatic heterocycles. The molecular weight excluding hydrogens is 292 g/mol. The summed E-state index contributed by atoms with van der Waals surface area (Å²) in [6, 6.07) is 11.1. The summed E-state index contributed by atoms with van der Waals surface area (Å²) in [5.74, 6) is 1.02. The van der Waals surface area contributed by atoms with Gasteiger partial charge in [-0.2, -0.15) is 0 Å². The van der Waals surface area contributed by atoms with Crippen molar-refractivity contribution < 1.29 is 14.3 Å². The molecule has 5 nitrogen and oxygen atoms in total. The molecule has 0 saturated carbocycles. The maximum absolute atomic E-state index is 11.9. The third-order valence-electron chi connectivity index (χ3n) is 2.94. The molecule has 1 heterocycles. The van der Waals surface area contributed by atoms with Crippen LogP contribution >= 0.6 is 0 Å². The Hall–Kier alpha value is -2.82. The van der Waals surface area contributed by atoms with Gasteiger partial charge in [0.15, 0.2) is 0 Å². The number of allylic oxidation sites excluding steroid dienone is 1. The maximum atomic E-state index is 11.9. The number of hydrogen-bond acceptors (Lipinski definition) is 4. The molecule has 0 atom stereocenters. The molecule has 1 aromatic carbocycles. The smallest absolute Gasteiger partial charge is 0.251 e. The molecular formula is C18H20N2O3. The predicted molar refractivity (Wildman–Crippen MR) is 89.0 cm³/mol. The van der Waals surface area contributed by atoms with Crippen LogP contribution < -0.4 is 10.1 Å². The summed E-state index contributed by atoms with van der Waals surface area (Å²) in [4.78, 5) is 15.9. The van der Waals surface area contributed by atoms with E-state index in [0.29, 0.717) is 30.4 Å². The van der Waals surface area contributed by atoms with Gasteiger partial charge in [0.05, 0.1) is 12.4 Å². The molecule has 120 valence electrons. The van der Waals surface area contributed by atoms with E-state index in [2.05, 4.69) is 10.3 Å². The van der Waals surface area contributed by atoms with E-state index < -0.39 is 0 Å². The van der Waals surface area contributed by atoms with Gasteiger partial charge in [-0.1, -0.05) is 12.1 Å². The SMILES string of the molecule is CCO/C(C)=C/C(=O)Nc1cccc(OCc2cccnc2)c1. The van der Waals surface area contributed by atoms with Gasteiger partial charge in [-0.05, 0) is 32.0 Å². The Labute approximate surface area is 136 Å². The van der Waals surface area contributed by atoms with Crippen molar-refractivity contribution >= 4 is 11.6 Å². The van der Waals surface area contributed by atoms with Crippen LogP contribution in [0.15, 0.2) is 60.6 Å². The Balaban J connectivity index is 1.94. The summed E-state index contributed by atoms with van der Waals surface area (Å²) in [6.45, 7) is 4.58. The van der Waals surface area contributed by atoms with E-state index in [0.717, 1.165) is 5.56 Å². The number of anilines is 1. The fraction of sp³-hybridized carbons (Fsp3) is 0.222. The second-order valence-corrected chi connectivity index (χ2v) is 4.86. The molecule has 0 bridgehead atoms. The highest BCUT2D eigenvalue weighted by atomic mass is 16.5. The Kier molecular flexibility index (Phi) is 6.17. The third-order valence-corrected chi connectivity index (χ3v) is 2.94. The van der Waals surface area contributed by atoms with Crippen molar-refractivity contribution in [2.75, 3.05) is 11.9 Å². The number of ether oxygens (including phenoxy) is 2. The second kappa shape index (κ2) is 8.58. The molecule has 0 unspecified atom stereocenters. The summed E-state index contributed by atoms with van der Waals surface area (Å²) in [5, 5.41) is 2.78. The number of amides is 1. The topological polar surface area (TPSA) is 60.5 Å². The molecule has 0 aliphatic heterocycles. The zero-order valence-corrected chi connectivity index (χ0v) is 13.3. The maximum Gasteiger partial charge on any atom is 0.251 e. The first-order valence-electron chi connectivity index (χ1n) is 7.41. The normalized spacial score (nSPS) is 11.0. The van der Waals surface area contributed by atoms with Crippen molar-refractivity contribution in [2.24, 2.45) is 0 Å². The molecule has 5 heteroatoms. The molecule has 0 radical (unpaired) electrons. The standard InChI is InChI=1S/C18H20N2O3/c1-3-22-14(2)10-18(21)20-16-7-4-8-17(11-16)23-13-15-6-5-9-19-12-15/h4-12H,3,13H2,1-2H3,(H,20,21)/b14-10+. The number of benzene rings is 1. The van der Waals surface area contributed by atoms with Crippen LogP contribution in [-0.4, -0.2) is 17.5 Å². The number of hydrogen-bond donors (Lipinski definition) is 1. The van der Waals surface area contributed by atoms with E-state index in [1.165, 1.54) is 6.08 Å². The van der Waals surface area contributed by atoms with E-state index in [1.807, 2.05) is 31.2 Å². The number of nitrogens with zero attached hydrogens (tertiary/aromatic N) is 1. The summed E-state index contributed by atoms with van der Waals surface area (Å²) in [5.41, 5.74) is 1.65. The molecule has 0 spiro atoms. The number of nitrogens with one attached hydrogen (secondary N) is 1. The number of aromatic nitrogens is 1. The van der Waals surface area contributed by atoms with Crippen molar-refractivity contribution in [1.82, 2.24) is 4.98 Å². The lowest BCUT2D eigenvalue weighted by Gasteiger charge is -2.09. The molecule has 0 saturated heterocycles. The van der Waals surface area contributed by atoms with Gasteiger partial charge in [-0.25, -0.2) is 0 Å². The average molecular weight is 312 g/mol. The monoisotopic (exact) mass is 312 g/mol. The van der Waals surface area contributed by atoms with E-state index >= 15 is 0 Å². The predicted octanol–water partition coefficient (Wildman–Crippen LogP) is 3.54. The lowest BCUT2D eigenvalue weighted by atomic mass is 10.3. The molecule has 1 N–H and O–H groups in total. The lowest BCUT2D eigenvalue weighted by molar-refractivity contribution is -0.112. The highest BCUT2D eigenvalue weighted by molar-refractivity contribution is 5.99. The van der Waals surface area contributed by atoms with Crippen molar-refractivity contribution in [3.8, 4) is 5.75 Å². The van der Waals surface area contributed by atoms with Crippen LogP contribution in [0.25, 0.3) is 0 Å². The minimum absolute atomic E-state index is 0.236. The summed E-state index contributed by atoms with van der Waals surface area (Å²) in [7, 11) is 0. The molecule has 0 fully saturated rings. The Bertz CT molecular complexity index is 669. The first-order valence-corrected chi connectivity index (χ1v) is 7.41. The van der Waals surface area contributed by atoms with Crippen LogP contribution in [0.3, 0.4) is 0 Å². The minimum Gasteiger partial charge on any atom is -0.498 e. The number of carbonyl (C=O) groups is 1. The zero-order chi connectivity index (χ0) is 16.5. The summed E-state index contributed by atoms with van der Waals surface area (Å²) < 4.78 is 10.9. The number of pyridine rings is 1. The first kappa shape index (κ1) is 16.5. The van der Waals surface area contributed by atoms with Crippen molar-refractivity contribution in [3.63, 3.8) is 0 Å². The number of carbonyl (C=O) groups excluding carboxylic acids is 1.